The van der Waals surface area contributed by atoms with Crippen molar-refractivity contribution < 1.29 is 23.8 Å². The molecule has 1 amide bonds. The normalized spacial score (nSPS) is 32.6. The van der Waals surface area contributed by atoms with Crippen LogP contribution in [0, 0.1) is 10.8 Å². The van der Waals surface area contributed by atoms with Gasteiger partial charge in [-0.1, -0.05) is 11.6 Å². The highest BCUT2D eigenvalue weighted by Crippen LogP contribution is 2.65. The molecule has 0 aromatic carbocycles. The standard InChI is InChI=1S/C32H53N7O5/c1-24-21-38(28(40)44-29(2,3)4)12-9-13-39(24)26(20-25(33)37-16-14-35(5)15-17-37)36(6)31-22-30(27(31)34-43-23-31)10-7-8-11-32(30)41-18-19-42-32/h20,24,33H,7-19,21-23H2,1-6H3/b26-20+,33-25?/t24-,30-,31?/m0/s1. The molecule has 6 rings (SSSR count). The van der Waals surface area contributed by atoms with Crippen LogP contribution in [0.4, 0.5) is 4.79 Å². The van der Waals surface area contributed by atoms with Crippen molar-refractivity contribution in [2.75, 3.05) is 79.7 Å². The van der Waals surface area contributed by atoms with Crippen molar-refractivity contribution in [3.8, 4) is 0 Å². The van der Waals surface area contributed by atoms with E-state index < -0.39 is 16.9 Å². The van der Waals surface area contributed by atoms with E-state index in [1.54, 1.807) is 0 Å². The SMILES string of the molecule is C[C@H]1CN(C(=O)OC(C)(C)C)CCCN1/C(=C/C(=N)N1CCN(C)CC1)N(C)C12CON=C1[C@]1(CCCCC13OCCO3)C2. The van der Waals surface area contributed by atoms with Crippen LogP contribution in [-0.2, 0) is 19.0 Å². The number of fused-ring (bicyclic) bond motifs is 3. The molecule has 6 aliphatic rings. The minimum atomic E-state index is -0.623. The van der Waals surface area contributed by atoms with E-state index in [2.05, 4.69) is 40.6 Å². The molecule has 12 nitrogen and oxygen atoms in total. The molecule has 4 heterocycles. The maximum atomic E-state index is 13.1. The third kappa shape index (κ3) is 5.34. The van der Waals surface area contributed by atoms with E-state index in [0.717, 1.165) is 82.8 Å². The lowest BCUT2D eigenvalue weighted by Gasteiger charge is -2.64. The maximum absolute atomic E-state index is 13.1. The summed E-state index contributed by atoms with van der Waals surface area (Å²) < 4.78 is 18.6. The quantitative estimate of drug-likeness (QED) is 0.377. The first-order valence-electron chi connectivity index (χ1n) is 16.6. The molecule has 4 aliphatic heterocycles. The number of hydrogen-bond acceptors (Lipinski definition) is 10. The molecule has 0 bridgehead atoms. The Hall–Kier alpha value is -2.57. The van der Waals surface area contributed by atoms with Gasteiger partial charge in [-0.15, -0.1) is 0 Å². The Morgan fingerprint density at radius 1 is 1.05 bits per heavy atom. The molecule has 2 saturated carbocycles. The molecule has 12 heteroatoms. The van der Waals surface area contributed by atoms with E-state index in [1.807, 2.05) is 31.7 Å². The van der Waals surface area contributed by atoms with Crippen molar-refractivity contribution >= 4 is 17.6 Å². The number of nitrogens with zero attached hydrogens (tertiary/aromatic N) is 6. The molecule has 3 atom stereocenters. The summed E-state index contributed by atoms with van der Waals surface area (Å²) in [6, 6.07) is 0.00896. The van der Waals surface area contributed by atoms with Crippen molar-refractivity contribution in [1.29, 1.82) is 5.41 Å². The van der Waals surface area contributed by atoms with Gasteiger partial charge in [-0.2, -0.15) is 0 Å². The first-order valence-corrected chi connectivity index (χ1v) is 16.6. The number of ether oxygens (including phenoxy) is 3. The summed E-state index contributed by atoms with van der Waals surface area (Å²) in [6.45, 7) is 15.0. The van der Waals surface area contributed by atoms with Crippen LogP contribution in [0.5, 0.6) is 0 Å². The van der Waals surface area contributed by atoms with Gasteiger partial charge in [0.1, 0.15) is 29.4 Å². The van der Waals surface area contributed by atoms with Crippen molar-refractivity contribution in [3.63, 3.8) is 0 Å². The van der Waals surface area contributed by atoms with E-state index in [1.165, 1.54) is 0 Å². The summed E-state index contributed by atoms with van der Waals surface area (Å²) in [5.74, 6) is 0.862. The molecular weight excluding hydrogens is 562 g/mol. The molecule has 246 valence electrons. The second kappa shape index (κ2) is 11.7. The van der Waals surface area contributed by atoms with Crippen LogP contribution in [0.15, 0.2) is 17.1 Å². The Labute approximate surface area is 262 Å². The highest BCUT2D eigenvalue weighted by Gasteiger charge is 2.76. The molecular formula is C32H53N7O5. The van der Waals surface area contributed by atoms with Crippen molar-refractivity contribution in [2.45, 2.75) is 89.2 Å². The zero-order chi connectivity index (χ0) is 31.3. The Morgan fingerprint density at radius 3 is 2.45 bits per heavy atom. The number of nitrogens with one attached hydrogen (secondary N) is 1. The van der Waals surface area contributed by atoms with E-state index in [4.69, 9.17) is 24.2 Å². The van der Waals surface area contributed by atoms with Gasteiger partial charge in [0.2, 0.25) is 0 Å². The zero-order valence-electron chi connectivity index (χ0n) is 27.7. The highest BCUT2D eigenvalue weighted by atomic mass is 16.7. The number of likely N-dealkylation sites (N-methyl/N-ethyl adjacent to an activating group) is 2. The van der Waals surface area contributed by atoms with Gasteiger partial charge < -0.3 is 43.5 Å². The second-order valence-electron chi connectivity index (χ2n) is 14.7. The number of carbonyl (C=O) groups is 1. The van der Waals surface area contributed by atoms with Crippen LogP contribution in [0.2, 0.25) is 0 Å². The van der Waals surface area contributed by atoms with E-state index in [9.17, 15) is 10.2 Å². The summed E-state index contributed by atoms with van der Waals surface area (Å²) in [5, 5.41) is 14.0. The van der Waals surface area contributed by atoms with Crippen LogP contribution in [0.25, 0.3) is 0 Å². The van der Waals surface area contributed by atoms with Gasteiger partial charge in [-0.05, 0) is 60.4 Å². The number of rotatable bonds is 4. The number of piperazine rings is 1. The van der Waals surface area contributed by atoms with Gasteiger partial charge >= 0.3 is 6.09 Å². The largest absolute Gasteiger partial charge is 0.444 e. The minimum absolute atomic E-state index is 0.00896. The lowest BCUT2D eigenvalue weighted by atomic mass is 9.47. The summed E-state index contributed by atoms with van der Waals surface area (Å²) in [5.41, 5.74) is -0.245. The zero-order valence-corrected chi connectivity index (χ0v) is 27.7. The number of carbonyl (C=O) groups excluding carboxylic acids is 1. The Kier molecular flexibility index (Phi) is 8.32. The fourth-order valence-corrected chi connectivity index (χ4v) is 8.33. The van der Waals surface area contributed by atoms with Gasteiger partial charge in [0.25, 0.3) is 0 Å². The lowest BCUT2D eigenvalue weighted by molar-refractivity contribution is -0.253. The van der Waals surface area contributed by atoms with Gasteiger partial charge in [0, 0.05) is 71.4 Å². The highest BCUT2D eigenvalue weighted by molar-refractivity contribution is 6.06. The molecule has 0 radical (unpaired) electrons. The summed E-state index contributed by atoms with van der Waals surface area (Å²) in [4.78, 5) is 30.1. The fourth-order valence-electron chi connectivity index (χ4n) is 8.33. The number of amides is 1. The minimum Gasteiger partial charge on any atom is -0.444 e. The smallest absolute Gasteiger partial charge is 0.410 e. The molecule has 44 heavy (non-hydrogen) atoms. The molecule has 3 saturated heterocycles. The predicted molar refractivity (Wildman–Crippen MR) is 168 cm³/mol. The summed E-state index contributed by atoms with van der Waals surface area (Å²) >= 11 is 0. The summed E-state index contributed by atoms with van der Waals surface area (Å²) in [7, 11) is 4.27. The molecule has 1 N–H and O–H groups in total. The second-order valence-corrected chi connectivity index (χ2v) is 14.7. The van der Waals surface area contributed by atoms with Gasteiger partial charge in [0.15, 0.2) is 5.79 Å². The number of hydrogen-bond donors (Lipinski definition) is 1. The van der Waals surface area contributed by atoms with Crippen molar-refractivity contribution in [1.82, 2.24) is 24.5 Å². The van der Waals surface area contributed by atoms with Crippen LogP contribution >= 0.6 is 0 Å². The van der Waals surface area contributed by atoms with E-state index in [-0.39, 0.29) is 17.6 Å². The monoisotopic (exact) mass is 615 g/mol. The first kappa shape index (κ1) is 31.4. The Bertz CT molecular complexity index is 1170. The van der Waals surface area contributed by atoms with Crippen LogP contribution < -0.4 is 0 Å². The van der Waals surface area contributed by atoms with Gasteiger partial charge in [0.05, 0.1) is 24.3 Å². The van der Waals surface area contributed by atoms with E-state index >= 15 is 0 Å². The van der Waals surface area contributed by atoms with Gasteiger partial charge in [-0.3, -0.25) is 5.41 Å². The maximum Gasteiger partial charge on any atom is 0.410 e. The average Bonchev–Trinajstić information content (AvgIpc) is 3.53. The number of amidine groups is 1. The third-order valence-electron chi connectivity index (χ3n) is 10.7. The fraction of sp³-hybridized carbons (Fsp3) is 0.844. The lowest BCUT2D eigenvalue weighted by Crippen LogP contribution is -2.77. The molecule has 0 aromatic rings. The summed E-state index contributed by atoms with van der Waals surface area (Å²) in [6.07, 6.45) is 7.47. The van der Waals surface area contributed by atoms with Crippen LogP contribution in [-0.4, -0.2) is 145 Å². The molecule has 1 unspecified atom stereocenters. The van der Waals surface area contributed by atoms with Crippen molar-refractivity contribution in [3.05, 3.63) is 11.9 Å². The molecule has 2 spiro atoms. The Morgan fingerprint density at radius 2 is 1.75 bits per heavy atom. The average molecular weight is 616 g/mol. The topological polar surface area (TPSA) is 106 Å². The van der Waals surface area contributed by atoms with Gasteiger partial charge in [-0.25, -0.2) is 4.79 Å². The molecule has 2 aliphatic carbocycles. The number of oxime groups is 1. The van der Waals surface area contributed by atoms with Crippen LogP contribution in [0.3, 0.4) is 0 Å². The molecule has 0 aromatic heterocycles. The Balaban J connectivity index is 1.30. The van der Waals surface area contributed by atoms with Crippen molar-refractivity contribution in [2.24, 2.45) is 10.6 Å². The molecule has 5 fully saturated rings. The van der Waals surface area contributed by atoms with E-state index in [0.29, 0.717) is 38.7 Å². The third-order valence-corrected chi connectivity index (χ3v) is 10.7. The van der Waals surface area contributed by atoms with Crippen LogP contribution in [0.1, 0.15) is 66.2 Å². The predicted octanol–water partition coefficient (Wildman–Crippen LogP) is 3.15. The first-order chi connectivity index (χ1) is 20.9.